The monoisotopic (exact) mass is 264 g/mol. The molecule has 0 saturated carbocycles. The first kappa shape index (κ1) is 12.6. The largest absolute Gasteiger partial charge is 0.854 e. The van der Waals surface area contributed by atoms with E-state index in [0.29, 0.717) is 5.56 Å². The summed E-state index contributed by atoms with van der Waals surface area (Å²) >= 11 is 0. The van der Waals surface area contributed by atoms with Crippen molar-refractivity contribution in [1.29, 1.82) is 0 Å². The van der Waals surface area contributed by atoms with E-state index in [-0.39, 0.29) is 5.90 Å². The number of hydrogen-bond acceptors (Lipinski definition) is 2. The van der Waals surface area contributed by atoms with Crippen LogP contribution in [0.2, 0.25) is 0 Å². The molecule has 0 amide bonds. The van der Waals surface area contributed by atoms with Gasteiger partial charge in [0.15, 0.2) is 6.54 Å². The van der Waals surface area contributed by atoms with Crippen LogP contribution in [0.3, 0.4) is 0 Å². The smallest absolute Gasteiger partial charge is 0.203 e. The minimum Gasteiger partial charge on any atom is -0.854 e. The van der Waals surface area contributed by atoms with Gasteiger partial charge in [-0.05, 0) is 34.8 Å². The van der Waals surface area contributed by atoms with Crippen molar-refractivity contribution < 1.29 is 9.79 Å². The van der Waals surface area contributed by atoms with E-state index in [1.54, 1.807) is 16.8 Å². The highest BCUT2D eigenvalue weighted by Crippen LogP contribution is 2.16. The van der Waals surface area contributed by atoms with Gasteiger partial charge in [0, 0.05) is 12.0 Å². The third kappa shape index (κ3) is 2.48. The molecule has 0 fully saturated rings. The van der Waals surface area contributed by atoms with E-state index in [0.717, 1.165) is 18.5 Å². The molecule has 20 heavy (non-hydrogen) atoms. The summed E-state index contributed by atoms with van der Waals surface area (Å²) in [5.41, 5.74) is 4.43. The highest BCUT2D eigenvalue weighted by molar-refractivity contribution is 5.90. The van der Waals surface area contributed by atoms with Gasteiger partial charge in [-0.15, -0.1) is 0 Å². The number of aryl methyl sites for hydroxylation is 1. The third-order valence-electron chi connectivity index (χ3n) is 3.57. The normalized spacial score (nSPS) is 14.7. The molecule has 0 bridgehead atoms. The average molecular weight is 264 g/mol. The molecule has 1 aliphatic heterocycles. The van der Waals surface area contributed by atoms with Crippen LogP contribution < -0.4 is 5.11 Å². The Bertz CT molecular complexity index is 687. The molecule has 3 heteroatoms. The molecule has 3 rings (SSSR count). The van der Waals surface area contributed by atoms with Crippen LogP contribution in [0.1, 0.15) is 22.3 Å². The number of hydrazone groups is 1. The Morgan fingerprint density at radius 3 is 2.70 bits per heavy atom. The van der Waals surface area contributed by atoms with Crippen LogP contribution in [0.4, 0.5) is 0 Å². The highest BCUT2D eigenvalue weighted by Gasteiger charge is 2.17. The van der Waals surface area contributed by atoms with Gasteiger partial charge < -0.3 is 5.11 Å². The van der Waals surface area contributed by atoms with Crippen LogP contribution in [0.25, 0.3) is 0 Å². The summed E-state index contributed by atoms with van der Waals surface area (Å²) in [7, 11) is 0. The zero-order valence-corrected chi connectivity index (χ0v) is 11.4. The Morgan fingerprint density at radius 1 is 1.10 bits per heavy atom. The van der Waals surface area contributed by atoms with E-state index in [1.807, 2.05) is 30.5 Å². The molecule has 0 saturated heterocycles. The fourth-order valence-electron chi connectivity index (χ4n) is 2.47. The Balaban J connectivity index is 1.93. The fraction of sp³-hybridized carbons (Fsp3) is 0.176. The summed E-state index contributed by atoms with van der Waals surface area (Å²) in [6.07, 6.45) is 2.87. The van der Waals surface area contributed by atoms with Crippen molar-refractivity contribution in [2.75, 3.05) is 6.54 Å². The van der Waals surface area contributed by atoms with Crippen LogP contribution in [0.15, 0.2) is 53.6 Å². The molecule has 2 aromatic rings. The molecule has 0 spiro atoms. The predicted octanol–water partition coefficient (Wildman–Crippen LogP) is 1.70. The Morgan fingerprint density at radius 2 is 1.90 bits per heavy atom. The van der Waals surface area contributed by atoms with E-state index < -0.39 is 0 Å². The molecule has 0 unspecified atom stereocenters. The summed E-state index contributed by atoms with van der Waals surface area (Å²) in [5, 5.41) is 16.2. The van der Waals surface area contributed by atoms with Crippen LogP contribution in [0.5, 0.6) is 0 Å². The third-order valence-corrected chi connectivity index (χ3v) is 3.57. The molecule has 0 radical (unpaired) electrons. The molecule has 0 aromatic heterocycles. The van der Waals surface area contributed by atoms with Gasteiger partial charge in [0.05, 0.1) is 5.90 Å². The first-order valence-electron chi connectivity index (χ1n) is 6.75. The minimum absolute atomic E-state index is 0.196. The second-order valence-corrected chi connectivity index (χ2v) is 4.96. The summed E-state index contributed by atoms with van der Waals surface area (Å²) in [4.78, 5) is 0. The highest BCUT2D eigenvalue weighted by atomic mass is 16.3. The Labute approximate surface area is 118 Å². The van der Waals surface area contributed by atoms with E-state index >= 15 is 0 Å². The van der Waals surface area contributed by atoms with Gasteiger partial charge in [-0.3, -0.25) is 0 Å². The lowest BCUT2D eigenvalue weighted by Crippen LogP contribution is -2.26. The van der Waals surface area contributed by atoms with Crippen molar-refractivity contribution in [2.45, 2.75) is 13.3 Å². The van der Waals surface area contributed by atoms with Crippen molar-refractivity contribution in [3.8, 4) is 0 Å². The van der Waals surface area contributed by atoms with Crippen LogP contribution in [-0.2, 0) is 6.42 Å². The molecule has 0 atom stereocenters. The second kappa shape index (κ2) is 5.29. The summed E-state index contributed by atoms with van der Waals surface area (Å²) < 4.78 is 1.75. The first-order valence-corrected chi connectivity index (χ1v) is 6.75. The van der Waals surface area contributed by atoms with Crippen molar-refractivity contribution >= 4 is 12.1 Å². The maximum Gasteiger partial charge on any atom is 0.203 e. The van der Waals surface area contributed by atoms with E-state index in [2.05, 4.69) is 24.2 Å². The molecule has 2 aromatic carbocycles. The molecular formula is C17H16N2O. The molecule has 100 valence electrons. The van der Waals surface area contributed by atoms with Crippen molar-refractivity contribution in [1.82, 2.24) is 0 Å². The van der Waals surface area contributed by atoms with Gasteiger partial charge in [-0.25, -0.2) is 0 Å². The summed E-state index contributed by atoms with van der Waals surface area (Å²) in [5.74, 6) is -0.196. The zero-order valence-electron chi connectivity index (χ0n) is 11.4. The summed E-state index contributed by atoms with van der Waals surface area (Å²) in [6, 6.07) is 15.4. The first-order chi connectivity index (χ1) is 9.74. The molecule has 0 aliphatic carbocycles. The van der Waals surface area contributed by atoms with Gasteiger partial charge >= 0.3 is 0 Å². The molecule has 3 nitrogen and oxygen atoms in total. The Kier molecular flexibility index (Phi) is 3.33. The van der Waals surface area contributed by atoms with Crippen LogP contribution in [0, 0.1) is 6.92 Å². The topological polar surface area (TPSA) is 38.4 Å². The lowest BCUT2D eigenvalue weighted by molar-refractivity contribution is -0.533. The molecule has 1 aliphatic rings. The predicted molar refractivity (Wildman–Crippen MR) is 78.2 cm³/mol. The van der Waals surface area contributed by atoms with Gasteiger partial charge in [0.25, 0.3) is 0 Å². The number of benzene rings is 2. The van der Waals surface area contributed by atoms with Gasteiger partial charge in [0.2, 0.25) is 6.21 Å². The fourth-order valence-corrected chi connectivity index (χ4v) is 2.47. The number of hydrogen-bond donors (Lipinski definition) is 0. The average Bonchev–Trinajstić information content (AvgIpc) is 2.48. The van der Waals surface area contributed by atoms with Crippen LogP contribution in [-0.4, -0.2) is 23.3 Å². The van der Waals surface area contributed by atoms with E-state index in [9.17, 15) is 5.11 Å². The Hall–Kier alpha value is -2.42. The van der Waals surface area contributed by atoms with Crippen molar-refractivity contribution in [3.05, 3.63) is 70.8 Å². The summed E-state index contributed by atoms with van der Waals surface area (Å²) in [6.45, 7) is 2.87. The maximum absolute atomic E-state index is 12.1. The molecular weight excluding hydrogens is 248 g/mol. The number of rotatable bonds is 2. The maximum atomic E-state index is 12.1. The number of fused-ring (bicyclic) bond motifs is 1. The molecule has 0 N–H and O–H groups in total. The van der Waals surface area contributed by atoms with E-state index in [4.69, 9.17) is 0 Å². The van der Waals surface area contributed by atoms with E-state index in [1.165, 1.54) is 11.1 Å². The van der Waals surface area contributed by atoms with Gasteiger partial charge in [0.1, 0.15) is 0 Å². The SMILES string of the molecule is Cc1cccc2c1CC[N+](/N=C(\[O-])c1ccccc1)=C2. The standard InChI is InChI=1S/C17H16N2O/c1-13-6-5-9-15-12-19(11-10-16(13)15)18-17(20)14-7-3-2-4-8-14/h2-9,12H,10-11H2,1H3. The van der Waals surface area contributed by atoms with Gasteiger partial charge in [-0.2, -0.15) is 0 Å². The quantitative estimate of drug-likeness (QED) is 0.462. The lowest BCUT2D eigenvalue weighted by Gasteiger charge is -2.13. The zero-order chi connectivity index (χ0) is 13.9. The lowest BCUT2D eigenvalue weighted by atomic mass is 9.98. The van der Waals surface area contributed by atoms with Crippen molar-refractivity contribution in [3.63, 3.8) is 0 Å². The van der Waals surface area contributed by atoms with Crippen LogP contribution >= 0.6 is 0 Å². The second-order valence-electron chi connectivity index (χ2n) is 4.96. The number of nitrogens with zero attached hydrogens (tertiary/aromatic N) is 2. The minimum atomic E-state index is -0.196. The van der Waals surface area contributed by atoms with Crippen molar-refractivity contribution in [2.24, 2.45) is 5.10 Å². The molecule has 1 heterocycles. The van der Waals surface area contributed by atoms with Gasteiger partial charge in [-0.1, -0.05) is 47.1 Å².